The van der Waals surface area contributed by atoms with Crippen molar-refractivity contribution < 1.29 is 9.53 Å². The molecule has 0 fully saturated rings. The van der Waals surface area contributed by atoms with Gasteiger partial charge in [-0.05, 0) is 37.1 Å². The Morgan fingerprint density at radius 1 is 1.26 bits per heavy atom. The zero-order chi connectivity index (χ0) is 14.3. The fourth-order valence-corrected chi connectivity index (χ4v) is 1.86. The summed E-state index contributed by atoms with van der Waals surface area (Å²) in [6.07, 6.45) is 1.64. The SMILES string of the molecule is CCC(CC)CNC(=O)C(C)Oc1ccc(Cl)cc1. The molecule has 106 valence electrons. The van der Waals surface area contributed by atoms with Crippen molar-refractivity contribution in [2.24, 2.45) is 5.92 Å². The van der Waals surface area contributed by atoms with Crippen LogP contribution >= 0.6 is 11.6 Å². The second-order valence-corrected chi connectivity index (χ2v) is 5.08. The van der Waals surface area contributed by atoms with Gasteiger partial charge in [0.15, 0.2) is 6.10 Å². The average Bonchev–Trinajstić information content (AvgIpc) is 2.42. The van der Waals surface area contributed by atoms with E-state index >= 15 is 0 Å². The van der Waals surface area contributed by atoms with E-state index in [1.54, 1.807) is 31.2 Å². The van der Waals surface area contributed by atoms with E-state index < -0.39 is 6.10 Å². The summed E-state index contributed by atoms with van der Waals surface area (Å²) in [4.78, 5) is 11.9. The van der Waals surface area contributed by atoms with Gasteiger partial charge < -0.3 is 10.1 Å². The highest BCUT2D eigenvalue weighted by Gasteiger charge is 2.15. The molecular weight excluding hydrogens is 262 g/mol. The number of hydrogen-bond donors (Lipinski definition) is 1. The standard InChI is InChI=1S/C15H22ClNO2/c1-4-12(5-2)10-17-15(18)11(3)19-14-8-6-13(16)7-9-14/h6-9,11-12H,4-5,10H2,1-3H3,(H,17,18). The Morgan fingerprint density at radius 2 is 1.84 bits per heavy atom. The maximum Gasteiger partial charge on any atom is 0.260 e. The van der Waals surface area contributed by atoms with E-state index in [9.17, 15) is 4.79 Å². The molecule has 1 atom stereocenters. The Kier molecular flexibility index (Phi) is 6.71. The number of amides is 1. The van der Waals surface area contributed by atoms with Crippen molar-refractivity contribution in [3.8, 4) is 5.75 Å². The van der Waals surface area contributed by atoms with Gasteiger partial charge in [0, 0.05) is 11.6 Å². The number of hydrogen-bond acceptors (Lipinski definition) is 2. The second-order valence-electron chi connectivity index (χ2n) is 4.64. The Bertz CT molecular complexity index is 388. The van der Waals surface area contributed by atoms with Crippen LogP contribution in [0.3, 0.4) is 0 Å². The number of halogens is 1. The van der Waals surface area contributed by atoms with Gasteiger partial charge in [-0.25, -0.2) is 0 Å². The third-order valence-corrected chi connectivity index (χ3v) is 3.47. The van der Waals surface area contributed by atoms with Crippen LogP contribution in [0.5, 0.6) is 5.75 Å². The molecule has 1 aromatic carbocycles. The topological polar surface area (TPSA) is 38.3 Å². The number of benzene rings is 1. The third-order valence-electron chi connectivity index (χ3n) is 3.22. The van der Waals surface area contributed by atoms with Gasteiger partial charge in [-0.3, -0.25) is 4.79 Å². The largest absolute Gasteiger partial charge is 0.481 e. The molecule has 1 rings (SSSR count). The quantitative estimate of drug-likeness (QED) is 0.829. The molecule has 4 heteroatoms. The number of nitrogens with one attached hydrogen (secondary N) is 1. The average molecular weight is 284 g/mol. The molecule has 0 aliphatic heterocycles. The van der Waals surface area contributed by atoms with Gasteiger partial charge in [-0.2, -0.15) is 0 Å². The highest BCUT2D eigenvalue weighted by atomic mass is 35.5. The fraction of sp³-hybridized carbons (Fsp3) is 0.533. The Hall–Kier alpha value is -1.22. The summed E-state index contributed by atoms with van der Waals surface area (Å²) in [6, 6.07) is 7.00. The zero-order valence-electron chi connectivity index (χ0n) is 11.8. The Labute approximate surface area is 120 Å². The summed E-state index contributed by atoms with van der Waals surface area (Å²) < 4.78 is 5.56. The summed E-state index contributed by atoms with van der Waals surface area (Å²) in [6.45, 7) is 6.72. The minimum atomic E-state index is -0.504. The normalized spacial score (nSPS) is 12.3. The van der Waals surface area contributed by atoms with Crippen LogP contribution in [0.2, 0.25) is 5.02 Å². The lowest BCUT2D eigenvalue weighted by Crippen LogP contribution is -2.38. The molecule has 0 heterocycles. The van der Waals surface area contributed by atoms with E-state index in [1.165, 1.54) is 0 Å². The monoisotopic (exact) mass is 283 g/mol. The van der Waals surface area contributed by atoms with E-state index in [2.05, 4.69) is 19.2 Å². The fourth-order valence-electron chi connectivity index (χ4n) is 1.74. The molecule has 0 aliphatic carbocycles. The van der Waals surface area contributed by atoms with Crippen LogP contribution in [-0.4, -0.2) is 18.6 Å². The van der Waals surface area contributed by atoms with Crippen molar-refractivity contribution in [3.05, 3.63) is 29.3 Å². The molecule has 0 radical (unpaired) electrons. The van der Waals surface area contributed by atoms with Crippen LogP contribution in [0, 0.1) is 5.92 Å². The van der Waals surface area contributed by atoms with E-state index in [4.69, 9.17) is 16.3 Å². The van der Waals surface area contributed by atoms with Crippen molar-refractivity contribution in [1.82, 2.24) is 5.32 Å². The van der Waals surface area contributed by atoms with Crippen LogP contribution in [-0.2, 0) is 4.79 Å². The predicted molar refractivity (Wildman–Crippen MR) is 78.6 cm³/mol. The lowest BCUT2D eigenvalue weighted by Gasteiger charge is -2.17. The molecular formula is C15H22ClNO2. The summed E-state index contributed by atoms with van der Waals surface area (Å²) in [5.41, 5.74) is 0. The minimum absolute atomic E-state index is 0.0816. The van der Waals surface area contributed by atoms with Gasteiger partial charge in [0.05, 0.1) is 0 Å². The van der Waals surface area contributed by atoms with E-state index in [0.717, 1.165) is 12.8 Å². The first kappa shape index (κ1) is 15.8. The van der Waals surface area contributed by atoms with Gasteiger partial charge in [0.1, 0.15) is 5.75 Å². The first-order valence-corrected chi connectivity index (χ1v) is 7.14. The first-order chi connectivity index (χ1) is 9.06. The maximum absolute atomic E-state index is 11.9. The second kappa shape index (κ2) is 8.05. The summed E-state index contributed by atoms with van der Waals surface area (Å²) in [5.74, 6) is 1.10. The zero-order valence-corrected chi connectivity index (χ0v) is 12.5. The van der Waals surface area contributed by atoms with Crippen LogP contribution in [0.4, 0.5) is 0 Å². The van der Waals surface area contributed by atoms with Gasteiger partial charge >= 0.3 is 0 Å². The number of carbonyl (C=O) groups excluding carboxylic acids is 1. The molecule has 1 aromatic rings. The van der Waals surface area contributed by atoms with Crippen molar-refractivity contribution >= 4 is 17.5 Å². The van der Waals surface area contributed by atoms with Crippen molar-refractivity contribution in [2.45, 2.75) is 39.7 Å². The van der Waals surface area contributed by atoms with Crippen molar-refractivity contribution in [1.29, 1.82) is 0 Å². The van der Waals surface area contributed by atoms with Gasteiger partial charge in [-0.15, -0.1) is 0 Å². The minimum Gasteiger partial charge on any atom is -0.481 e. The first-order valence-electron chi connectivity index (χ1n) is 6.76. The van der Waals surface area contributed by atoms with Crippen molar-refractivity contribution in [2.75, 3.05) is 6.54 Å². The molecule has 0 saturated heterocycles. The van der Waals surface area contributed by atoms with E-state index in [1.807, 2.05) is 0 Å². The molecule has 0 spiro atoms. The summed E-state index contributed by atoms with van der Waals surface area (Å²) >= 11 is 5.79. The van der Waals surface area contributed by atoms with Crippen LogP contribution in [0.15, 0.2) is 24.3 Å². The van der Waals surface area contributed by atoms with E-state index in [-0.39, 0.29) is 5.91 Å². The van der Waals surface area contributed by atoms with Crippen LogP contribution in [0.1, 0.15) is 33.6 Å². The molecule has 0 saturated carbocycles. The van der Waals surface area contributed by atoms with Crippen LogP contribution in [0.25, 0.3) is 0 Å². The molecule has 1 amide bonds. The number of carbonyl (C=O) groups is 1. The lowest BCUT2D eigenvalue weighted by atomic mass is 10.0. The van der Waals surface area contributed by atoms with Crippen LogP contribution < -0.4 is 10.1 Å². The van der Waals surface area contributed by atoms with Gasteiger partial charge in [0.2, 0.25) is 0 Å². The maximum atomic E-state index is 11.9. The van der Waals surface area contributed by atoms with Gasteiger partial charge in [-0.1, -0.05) is 38.3 Å². The highest BCUT2D eigenvalue weighted by Crippen LogP contribution is 2.16. The Balaban J connectivity index is 2.42. The summed E-state index contributed by atoms with van der Waals surface area (Å²) in [7, 11) is 0. The predicted octanol–water partition coefficient (Wildman–Crippen LogP) is 3.66. The molecule has 3 nitrogen and oxygen atoms in total. The smallest absolute Gasteiger partial charge is 0.260 e. The molecule has 0 bridgehead atoms. The molecule has 1 N–H and O–H groups in total. The lowest BCUT2D eigenvalue weighted by molar-refractivity contribution is -0.127. The molecule has 0 aliphatic rings. The van der Waals surface area contributed by atoms with Gasteiger partial charge in [0.25, 0.3) is 5.91 Å². The summed E-state index contributed by atoms with van der Waals surface area (Å²) in [5, 5.41) is 3.58. The number of ether oxygens (including phenoxy) is 1. The van der Waals surface area contributed by atoms with E-state index in [0.29, 0.717) is 23.2 Å². The molecule has 0 aromatic heterocycles. The third kappa shape index (κ3) is 5.52. The Morgan fingerprint density at radius 3 is 2.37 bits per heavy atom. The molecule has 1 unspecified atom stereocenters. The number of rotatable bonds is 7. The van der Waals surface area contributed by atoms with Crippen molar-refractivity contribution in [3.63, 3.8) is 0 Å². The molecule has 19 heavy (non-hydrogen) atoms. The highest BCUT2D eigenvalue weighted by molar-refractivity contribution is 6.30.